The minimum Gasteiger partial charge on any atom is -0.465 e. The van der Waals surface area contributed by atoms with Crippen LogP contribution in [0.25, 0.3) is 0 Å². The maximum absolute atomic E-state index is 8.91. The highest BCUT2D eigenvalue weighted by Gasteiger charge is 1.90. The molecule has 0 heterocycles. The van der Waals surface area contributed by atoms with Crippen LogP contribution in [0.15, 0.2) is 36.6 Å². The van der Waals surface area contributed by atoms with E-state index in [9.17, 15) is 0 Å². The van der Waals surface area contributed by atoms with Gasteiger partial charge in [0.05, 0.1) is 12.4 Å². The number of hydrogen-bond acceptors (Lipinski definition) is 2. The van der Waals surface area contributed by atoms with Gasteiger partial charge >= 0.3 is 0 Å². The predicted octanol–water partition coefficient (Wildman–Crippen LogP) is 2.27. The summed E-state index contributed by atoms with van der Waals surface area (Å²) in [6, 6.07) is 7.74. The highest BCUT2D eigenvalue weighted by molar-refractivity contribution is 5.26. The predicted molar refractivity (Wildman–Crippen MR) is 52.6 cm³/mol. The zero-order valence-corrected chi connectivity index (χ0v) is 7.90. The second-order valence-corrected chi connectivity index (χ2v) is 3.00. The summed E-state index contributed by atoms with van der Waals surface area (Å²) in [7, 11) is 0. The van der Waals surface area contributed by atoms with E-state index in [1.165, 1.54) is 11.8 Å². The molecule has 2 heteroatoms. The van der Waals surface area contributed by atoms with Crippen LogP contribution in [-0.2, 0) is 0 Å². The van der Waals surface area contributed by atoms with E-state index in [4.69, 9.17) is 9.84 Å². The van der Waals surface area contributed by atoms with Crippen LogP contribution in [0.1, 0.15) is 12.5 Å². The molecule has 0 aliphatic rings. The normalized spacial score (nSPS) is 13.2. The lowest BCUT2D eigenvalue weighted by molar-refractivity contribution is 0.241. The Hall–Kier alpha value is -1.28. The number of aliphatic hydroxyl groups is 1. The van der Waals surface area contributed by atoms with Crippen LogP contribution in [0.3, 0.4) is 0 Å². The van der Waals surface area contributed by atoms with Crippen molar-refractivity contribution in [2.45, 2.75) is 20.0 Å². The van der Waals surface area contributed by atoms with Crippen molar-refractivity contribution in [3.63, 3.8) is 0 Å². The number of aliphatic hydroxyl groups excluding tert-OH is 1. The Morgan fingerprint density at radius 1 is 1.31 bits per heavy atom. The first-order chi connectivity index (χ1) is 6.18. The van der Waals surface area contributed by atoms with Crippen molar-refractivity contribution >= 4 is 0 Å². The molecular weight excluding hydrogens is 164 g/mol. The second kappa shape index (κ2) is 4.67. The van der Waals surface area contributed by atoms with E-state index >= 15 is 0 Å². The topological polar surface area (TPSA) is 29.5 Å². The standard InChI is InChI=1S/C11H14O2/c1-9-3-5-11(6-4-9)13-8-7-10(2)12/h3-8,10,12H,1-2H3. The first kappa shape index (κ1) is 9.81. The fraction of sp³-hybridized carbons (Fsp3) is 0.273. The lowest BCUT2D eigenvalue weighted by Gasteiger charge is -2.00. The molecule has 2 nitrogen and oxygen atoms in total. The van der Waals surface area contributed by atoms with Gasteiger partial charge in [-0.25, -0.2) is 0 Å². The van der Waals surface area contributed by atoms with Gasteiger partial charge in [-0.3, -0.25) is 0 Å². The van der Waals surface area contributed by atoms with Gasteiger partial charge in [-0.15, -0.1) is 0 Å². The average Bonchev–Trinajstić information content (AvgIpc) is 2.08. The Labute approximate surface area is 78.5 Å². The monoisotopic (exact) mass is 178 g/mol. The lowest BCUT2D eigenvalue weighted by Crippen LogP contribution is -1.93. The minimum atomic E-state index is -0.467. The number of hydrogen-bond donors (Lipinski definition) is 1. The first-order valence-corrected chi connectivity index (χ1v) is 4.26. The molecule has 0 aliphatic heterocycles. The SMILES string of the molecule is Cc1ccc(OC=CC(C)O)cc1. The van der Waals surface area contributed by atoms with Gasteiger partial charge in [-0.05, 0) is 32.1 Å². The van der Waals surface area contributed by atoms with Crippen molar-refractivity contribution in [2.75, 3.05) is 0 Å². The molecule has 0 radical (unpaired) electrons. The summed E-state index contributed by atoms with van der Waals surface area (Å²) in [4.78, 5) is 0. The maximum Gasteiger partial charge on any atom is 0.126 e. The molecule has 0 saturated heterocycles. The summed E-state index contributed by atoms with van der Waals surface area (Å²) in [6.45, 7) is 3.70. The second-order valence-electron chi connectivity index (χ2n) is 3.00. The van der Waals surface area contributed by atoms with Gasteiger partial charge in [0.1, 0.15) is 5.75 Å². The maximum atomic E-state index is 8.91. The fourth-order valence-electron chi connectivity index (χ4n) is 0.848. The molecule has 1 rings (SSSR count). The summed E-state index contributed by atoms with van der Waals surface area (Å²) in [6.07, 6.45) is 2.61. The minimum absolute atomic E-state index is 0.467. The van der Waals surface area contributed by atoms with Gasteiger partial charge in [0.15, 0.2) is 0 Å². The van der Waals surface area contributed by atoms with Gasteiger partial charge in [0, 0.05) is 0 Å². The summed E-state index contributed by atoms with van der Waals surface area (Å²) in [5.74, 6) is 0.780. The van der Waals surface area contributed by atoms with Crippen LogP contribution >= 0.6 is 0 Å². The van der Waals surface area contributed by atoms with E-state index in [0.29, 0.717) is 0 Å². The third-order valence-electron chi connectivity index (χ3n) is 1.58. The van der Waals surface area contributed by atoms with Gasteiger partial charge in [-0.2, -0.15) is 0 Å². The Bertz CT molecular complexity index is 273. The van der Waals surface area contributed by atoms with Crippen LogP contribution in [0.4, 0.5) is 0 Å². The van der Waals surface area contributed by atoms with Crippen LogP contribution in [0.2, 0.25) is 0 Å². The number of aryl methyl sites for hydroxylation is 1. The quantitative estimate of drug-likeness (QED) is 0.719. The molecule has 70 valence electrons. The van der Waals surface area contributed by atoms with E-state index in [1.807, 2.05) is 31.2 Å². The summed E-state index contributed by atoms with van der Waals surface area (Å²) < 4.78 is 5.23. The molecule has 0 saturated carbocycles. The molecule has 1 atom stereocenters. The molecule has 1 aromatic rings. The highest BCUT2D eigenvalue weighted by Crippen LogP contribution is 2.11. The Kier molecular flexibility index (Phi) is 3.53. The summed E-state index contributed by atoms with van der Waals surface area (Å²) >= 11 is 0. The number of ether oxygens (including phenoxy) is 1. The van der Waals surface area contributed by atoms with E-state index in [0.717, 1.165) is 5.75 Å². The number of benzene rings is 1. The third-order valence-corrected chi connectivity index (χ3v) is 1.58. The van der Waals surface area contributed by atoms with Crippen molar-refractivity contribution in [3.8, 4) is 5.75 Å². The van der Waals surface area contributed by atoms with Gasteiger partial charge in [0.25, 0.3) is 0 Å². The molecule has 0 amide bonds. The molecule has 0 spiro atoms. The van der Waals surface area contributed by atoms with Gasteiger partial charge in [0.2, 0.25) is 0 Å². The average molecular weight is 178 g/mol. The van der Waals surface area contributed by atoms with Crippen LogP contribution < -0.4 is 4.74 Å². The van der Waals surface area contributed by atoms with Crippen molar-refractivity contribution in [1.82, 2.24) is 0 Å². The van der Waals surface area contributed by atoms with E-state index in [-0.39, 0.29) is 0 Å². The largest absolute Gasteiger partial charge is 0.465 e. The molecule has 13 heavy (non-hydrogen) atoms. The molecule has 0 fully saturated rings. The van der Waals surface area contributed by atoms with Crippen molar-refractivity contribution < 1.29 is 9.84 Å². The molecule has 1 N–H and O–H groups in total. The van der Waals surface area contributed by atoms with Crippen LogP contribution in [0.5, 0.6) is 5.75 Å². The van der Waals surface area contributed by atoms with Crippen molar-refractivity contribution in [3.05, 3.63) is 42.2 Å². The molecule has 1 aromatic carbocycles. The molecular formula is C11H14O2. The zero-order valence-electron chi connectivity index (χ0n) is 7.90. The summed E-state index contributed by atoms with van der Waals surface area (Å²) in [5, 5.41) is 8.91. The third kappa shape index (κ3) is 3.76. The smallest absolute Gasteiger partial charge is 0.126 e. The lowest BCUT2D eigenvalue weighted by atomic mass is 10.2. The first-order valence-electron chi connectivity index (χ1n) is 4.26. The Morgan fingerprint density at radius 3 is 2.46 bits per heavy atom. The van der Waals surface area contributed by atoms with Crippen molar-refractivity contribution in [2.24, 2.45) is 0 Å². The zero-order chi connectivity index (χ0) is 9.68. The van der Waals surface area contributed by atoms with Crippen molar-refractivity contribution in [1.29, 1.82) is 0 Å². The van der Waals surface area contributed by atoms with E-state index in [2.05, 4.69) is 0 Å². The molecule has 0 aliphatic carbocycles. The van der Waals surface area contributed by atoms with Gasteiger partial charge < -0.3 is 9.84 Å². The molecule has 1 unspecified atom stereocenters. The highest BCUT2D eigenvalue weighted by atomic mass is 16.5. The van der Waals surface area contributed by atoms with Gasteiger partial charge in [-0.1, -0.05) is 17.7 Å². The van der Waals surface area contributed by atoms with Crippen LogP contribution in [-0.4, -0.2) is 11.2 Å². The molecule has 0 aromatic heterocycles. The van der Waals surface area contributed by atoms with E-state index < -0.39 is 6.10 Å². The Balaban J connectivity index is 2.50. The Morgan fingerprint density at radius 2 is 1.92 bits per heavy atom. The van der Waals surface area contributed by atoms with E-state index in [1.54, 1.807) is 13.0 Å². The summed E-state index contributed by atoms with van der Waals surface area (Å²) in [5.41, 5.74) is 1.20. The fourth-order valence-corrected chi connectivity index (χ4v) is 0.848. The molecule has 0 bridgehead atoms. The van der Waals surface area contributed by atoms with Crippen LogP contribution in [0, 0.1) is 6.92 Å². The number of rotatable bonds is 3.